The quantitative estimate of drug-likeness (QED) is 0.457. The number of H-pyrrole nitrogens is 3. The fourth-order valence-electron chi connectivity index (χ4n) is 3.98. The van der Waals surface area contributed by atoms with Crippen molar-refractivity contribution in [1.82, 2.24) is 19.7 Å². The number of anilines is 1. The molecule has 1 saturated heterocycles. The van der Waals surface area contributed by atoms with Gasteiger partial charge in [-0.05, 0) is 44.0 Å². The average molecular weight is 402 g/mol. The van der Waals surface area contributed by atoms with E-state index in [0.717, 1.165) is 54.2 Å². The summed E-state index contributed by atoms with van der Waals surface area (Å²) in [6.07, 6.45) is 3.87. The Morgan fingerprint density at radius 2 is 1.70 bits per heavy atom. The van der Waals surface area contributed by atoms with Crippen molar-refractivity contribution < 1.29 is 0 Å². The second kappa shape index (κ2) is 7.22. The molecule has 3 heterocycles. The summed E-state index contributed by atoms with van der Waals surface area (Å²) in [6, 6.07) is 13.3. The Hall–Kier alpha value is -3.81. The average Bonchev–Trinajstić information content (AvgIpc) is 3.46. The molecule has 1 aliphatic rings. The molecule has 0 amide bonds. The maximum Gasteiger partial charge on any atom is 0.323 e. The van der Waals surface area contributed by atoms with Crippen molar-refractivity contribution >= 4 is 28.6 Å². The van der Waals surface area contributed by atoms with Crippen molar-refractivity contribution in [2.45, 2.75) is 19.8 Å². The molecular weight excluding hydrogens is 380 g/mol. The van der Waals surface area contributed by atoms with Crippen LogP contribution in [0.25, 0.3) is 16.7 Å². The summed E-state index contributed by atoms with van der Waals surface area (Å²) in [5, 5.41) is 3.12. The van der Waals surface area contributed by atoms with Gasteiger partial charge in [-0.1, -0.05) is 18.2 Å². The minimum atomic E-state index is -0.245. The molecule has 8 nitrogen and oxygen atoms in total. The van der Waals surface area contributed by atoms with Gasteiger partial charge in [-0.3, -0.25) is 14.9 Å². The lowest BCUT2D eigenvalue weighted by atomic mass is 10.2. The van der Waals surface area contributed by atoms with Crippen molar-refractivity contribution in [3.8, 4) is 5.69 Å². The third kappa shape index (κ3) is 3.16. The molecular formula is C22H22N6O2. The zero-order valence-electron chi connectivity index (χ0n) is 16.6. The van der Waals surface area contributed by atoms with Crippen LogP contribution in [0.4, 0.5) is 11.4 Å². The van der Waals surface area contributed by atoms with Gasteiger partial charge in [0.25, 0.3) is 5.56 Å². The van der Waals surface area contributed by atoms with E-state index < -0.39 is 0 Å². The highest BCUT2D eigenvalue weighted by atomic mass is 16.1. The normalized spacial score (nSPS) is 14.4. The van der Waals surface area contributed by atoms with E-state index in [1.165, 1.54) is 4.68 Å². The topological polar surface area (TPSA) is 102 Å². The lowest BCUT2D eigenvalue weighted by Crippen LogP contribution is -2.18. The number of hydrogen-bond donors (Lipinski definition) is 3. The van der Waals surface area contributed by atoms with Gasteiger partial charge in [-0.2, -0.15) is 0 Å². The highest BCUT2D eigenvalue weighted by Crippen LogP contribution is 2.34. The SMILES string of the molecule is Cc1[nH]n(-c2ccccc2)c(=O)c1C=Nc1cc2[nH]c(=O)[nH]c2cc1N1CCCC1. The molecule has 8 heteroatoms. The van der Waals surface area contributed by atoms with Crippen molar-refractivity contribution in [1.29, 1.82) is 0 Å². The molecule has 0 aliphatic carbocycles. The number of rotatable bonds is 4. The third-order valence-corrected chi connectivity index (χ3v) is 5.52. The number of nitrogens with zero attached hydrogens (tertiary/aromatic N) is 3. The molecule has 0 spiro atoms. The Morgan fingerprint density at radius 1 is 1.00 bits per heavy atom. The van der Waals surface area contributed by atoms with Crippen LogP contribution in [0.5, 0.6) is 0 Å². The summed E-state index contributed by atoms with van der Waals surface area (Å²) >= 11 is 0. The molecule has 0 unspecified atom stereocenters. The zero-order valence-corrected chi connectivity index (χ0v) is 16.6. The van der Waals surface area contributed by atoms with Crippen molar-refractivity contribution in [2.24, 2.45) is 4.99 Å². The van der Waals surface area contributed by atoms with Gasteiger partial charge < -0.3 is 14.9 Å². The van der Waals surface area contributed by atoms with Crippen LogP contribution in [-0.4, -0.2) is 39.1 Å². The Bertz CT molecular complexity index is 1350. The van der Waals surface area contributed by atoms with Gasteiger partial charge in [0.05, 0.1) is 33.7 Å². The standard InChI is InChI=1S/C22H22N6O2/c1-14-16(21(29)28(26-14)15-7-3-2-4-8-15)13-23-19-11-17-18(25-22(30)24-17)12-20(19)27-9-5-6-10-27/h2-4,7-8,11-13,26H,5-6,9-10H2,1H3,(H2,24,25,30). The van der Waals surface area contributed by atoms with Crippen LogP contribution < -0.4 is 16.1 Å². The molecule has 5 rings (SSSR count). The van der Waals surface area contributed by atoms with Crippen molar-refractivity contribution in [3.63, 3.8) is 0 Å². The predicted octanol–water partition coefficient (Wildman–Crippen LogP) is 2.99. The zero-order chi connectivity index (χ0) is 20.7. The molecule has 0 bridgehead atoms. The van der Waals surface area contributed by atoms with E-state index in [1.54, 1.807) is 6.21 Å². The van der Waals surface area contributed by atoms with Crippen LogP contribution in [0.1, 0.15) is 24.1 Å². The Kier molecular flexibility index (Phi) is 4.39. The van der Waals surface area contributed by atoms with Crippen LogP contribution in [-0.2, 0) is 0 Å². The van der Waals surface area contributed by atoms with Gasteiger partial charge in [0.2, 0.25) is 0 Å². The van der Waals surface area contributed by atoms with Crippen LogP contribution >= 0.6 is 0 Å². The first-order valence-electron chi connectivity index (χ1n) is 10.0. The molecule has 152 valence electrons. The fraction of sp³-hybridized carbons (Fsp3) is 0.227. The number of benzene rings is 2. The summed E-state index contributed by atoms with van der Waals surface area (Å²) in [5.41, 5.74) is 4.77. The molecule has 1 fully saturated rings. The molecule has 0 radical (unpaired) electrons. The maximum absolute atomic E-state index is 12.9. The monoisotopic (exact) mass is 402 g/mol. The van der Waals surface area contributed by atoms with E-state index in [2.05, 4.69) is 25.0 Å². The Balaban J connectivity index is 1.59. The largest absolute Gasteiger partial charge is 0.370 e. The second-order valence-electron chi connectivity index (χ2n) is 7.54. The molecule has 4 aromatic rings. The maximum atomic E-state index is 12.9. The number of aromatic amines is 3. The molecule has 1 aliphatic heterocycles. The molecule has 0 saturated carbocycles. The summed E-state index contributed by atoms with van der Waals surface area (Å²) in [5.74, 6) is 0. The first-order valence-corrected chi connectivity index (χ1v) is 10.0. The number of fused-ring (bicyclic) bond motifs is 1. The summed E-state index contributed by atoms with van der Waals surface area (Å²) < 4.78 is 1.52. The van der Waals surface area contributed by atoms with Gasteiger partial charge in [-0.25, -0.2) is 9.48 Å². The minimum absolute atomic E-state index is 0.152. The van der Waals surface area contributed by atoms with Gasteiger partial charge >= 0.3 is 5.69 Å². The van der Waals surface area contributed by atoms with E-state index in [4.69, 9.17) is 0 Å². The van der Waals surface area contributed by atoms with Crippen molar-refractivity contribution in [3.05, 3.63) is 74.6 Å². The lowest BCUT2D eigenvalue weighted by Gasteiger charge is -2.19. The number of aromatic nitrogens is 4. The van der Waals surface area contributed by atoms with E-state index in [-0.39, 0.29) is 11.2 Å². The molecule has 2 aromatic heterocycles. The van der Waals surface area contributed by atoms with Gasteiger partial charge in [0.15, 0.2) is 0 Å². The molecule has 2 aromatic carbocycles. The highest BCUT2D eigenvalue weighted by molar-refractivity contribution is 5.91. The summed E-state index contributed by atoms with van der Waals surface area (Å²) in [4.78, 5) is 37.2. The molecule has 0 atom stereocenters. The number of aryl methyl sites for hydroxylation is 1. The predicted molar refractivity (Wildman–Crippen MR) is 119 cm³/mol. The highest BCUT2D eigenvalue weighted by Gasteiger charge is 2.18. The molecule has 3 N–H and O–H groups in total. The number of hydrogen-bond acceptors (Lipinski definition) is 4. The Morgan fingerprint density at radius 3 is 2.43 bits per heavy atom. The van der Waals surface area contributed by atoms with Gasteiger partial charge in [0.1, 0.15) is 0 Å². The van der Waals surface area contributed by atoms with E-state index >= 15 is 0 Å². The van der Waals surface area contributed by atoms with Crippen molar-refractivity contribution in [2.75, 3.05) is 18.0 Å². The first-order chi connectivity index (χ1) is 14.6. The number of imidazole rings is 1. The second-order valence-corrected chi connectivity index (χ2v) is 7.54. The lowest BCUT2D eigenvalue weighted by molar-refractivity contribution is 0.835. The van der Waals surface area contributed by atoms with E-state index in [9.17, 15) is 9.59 Å². The van der Waals surface area contributed by atoms with E-state index in [0.29, 0.717) is 11.1 Å². The van der Waals surface area contributed by atoms with Crippen LogP contribution in [0.2, 0.25) is 0 Å². The third-order valence-electron chi connectivity index (χ3n) is 5.52. The number of aliphatic imine (C=N–C) groups is 1. The van der Waals surface area contributed by atoms with Crippen LogP contribution in [0.15, 0.2) is 57.0 Å². The minimum Gasteiger partial charge on any atom is -0.370 e. The van der Waals surface area contributed by atoms with Gasteiger partial charge in [0, 0.05) is 25.0 Å². The smallest absolute Gasteiger partial charge is 0.323 e. The van der Waals surface area contributed by atoms with Crippen LogP contribution in [0, 0.1) is 6.92 Å². The van der Waals surface area contributed by atoms with E-state index in [1.807, 2.05) is 49.4 Å². The summed E-state index contributed by atoms with van der Waals surface area (Å²) in [6.45, 7) is 3.76. The van der Waals surface area contributed by atoms with Crippen LogP contribution in [0.3, 0.4) is 0 Å². The molecule has 30 heavy (non-hydrogen) atoms. The summed E-state index contributed by atoms with van der Waals surface area (Å²) in [7, 11) is 0. The Labute approximate surface area is 171 Å². The first kappa shape index (κ1) is 18.2. The number of nitrogens with one attached hydrogen (secondary N) is 3. The number of para-hydroxylation sites is 1. The van der Waals surface area contributed by atoms with Gasteiger partial charge in [-0.15, -0.1) is 0 Å². The fourth-order valence-corrected chi connectivity index (χ4v) is 3.98.